The first kappa shape index (κ1) is 15.6. The Morgan fingerprint density at radius 3 is 2.43 bits per heavy atom. The number of aryl methyl sites for hydroxylation is 1. The molecule has 0 radical (unpaired) electrons. The summed E-state index contributed by atoms with van der Waals surface area (Å²) in [6.45, 7) is 4.17. The Hall–Kier alpha value is -1.81. The summed E-state index contributed by atoms with van der Waals surface area (Å²) in [7, 11) is 1.65. The van der Waals surface area contributed by atoms with Crippen LogP contribution in [0, 0.1) is 0 Å². The molecule has 1 aromatic heterocycles. The van der Waals surface area contributed by atoms with Crippen molar-refractivity contribution in [2.75, 3.05) is 7.11 Å². The van der Waals surface area contributed by atoms with Crippen molar-refractivity contribution in [1.82, 2.24) is 5.32 Å². The zero-order valence-corrected chi connectivity index (χ0v) is 13.5. The van der Waals surface area contributed by atoms with Gasteiger partial charge in [-0.05, 0) is 42.7 Å². The Bertz CT molecular complexity index is 589. The third kappa shape index (κ3) is 3.85. The van der Waals surface area contributed by atoms with E-state index < -0.39 is 0 Å². The van der Waals surface area contributed by atoms with Crippen molar-refractivity contribution >= 4 is 17.2 Å². The third-order valence-corrected chi connectivity index (χ3v) is 4.69. The van der Waals surface area contributed by atoms with E-state index in [2.05, 4.69) is 19.2 Å². The number of thiophene rings is 1. The molecule has 0 bridgehead atoms. The average molecular weight is 303 g/mol. The summed E-state index contributed by atoms with van der Waals surface area (Å²) in [6.07, 6.45) is 1.82. The lowest BCUT2D eigenvalue weighted by Crippen LogP contribution is -2.27. The van der Waals surface area contributed by atoms with Crippen LogP contribution in [0.25, 0.3) is 0 Å². The highest BCUT2D eigenvalue weighted by Gasteiger charge is 2.15. The molecule has 1 heterocycles. The lowest BCUT2D eigenvalue weighted by molar-refractivity contribution is 0.0939. The molecule has 1 aromatic carbocycles. The number of benzene rings is 1. The molecule has 2 aromatic rings. The number of rotatable bonds is 6. The van der Waals surface area contributed by atoms with Gasteiger partial charge in [0.1, 0.15) is 5.75 Å². The quantitative estimate of drug-likeness (QED) is 0.868. The third-order valence-electron chi connectivity index (χ3n) is 3.47. The predicted octanol–water partition coefficient (Wildman–Crippen LogP) is 4.20. The topological polar surface area (TPSA) is 38.3 Å². The molecule has 4 heteroatoms. The monoisotopic (exact) mass is 303 g/mol. The molecular weight excluding hydrogens is 282 g/mol. The van der Waals surface area contributed by atoms with Crippen LogP contribution in [0.5, 0.6) is 5.75 Å². The zero-order chi connectivity index (χ0) is 15.2. The molecule has 1 amide bonds. The maximum absolute atomic E-state index is 12.3. The number of hydrogen-bond donors (Lipinski definition) is 1. The van der Waals surface area contributed by atoms with Gasteiger partial charge in [-0.25, -0.2) is 0 Å². The fraction of sp³-hybridized carbons (Fsp3) is 0.353. The normalized spacial score (nSPS) is 12.0. The molecule has 0 aliphatic heterocycles. The van der Waals surface area contributed by atoms with Crippen LogP contribution in [0.15, 0.2) is 36.4 Å². The second-order valence-electron chi connectivity index (χ2n) is 4.83. The minimum Gasteiger partial charge on any atom is -0.497 e. The average Bonchev–Trinajstić information content (AvgIpc) is 3.01. The molecule has 112 valence electrons. The van der Waals surface area contributed by atoms with E-state index in [0.29, 0.717) is 0 Å². The summed E-state index contributed by atoms with van der Waals surface area (Å²) in [5.41, 5.74) is 1.10. The number of methoxy groups -OCH3 is 1. The molecule has 0 fully saturated rings. The van der Waals surface area contributed by atoms with Crippen LogP contribution in [0.3, 0.4) is 0 Å². The van der Waals surface area contributed by atoms with Crippen LogP contribution in [0.4, 0.5) is 0 Å². The summed E-state index contributed by atoms with van der Waals surface area (Å²) >= 11 is 1.56. The molecule has 21 heavy (non-hydrogen) atoms. The maximum Gasteiger partial charge on any atom is 0.261 e. The minimum absolute atomic E-state index is 0.00219. The van der Waals surface area contributed by atoms with Crippen LogP contribution < -0.4 is 10.1 Å². The van der Waals surface area contributed by atoms with Gasteiger partial charge in [-0.15, -0.1) is 11.3 Å². The largest absolute Gasteiger partial charge is 0.497 e. The van der Waals surface area contributed by atoms with Gasteiger partial charge < -0.3 is 10.1 Å². The van der Waals surface area contributed by atoms with Crippen LogP contribution in [0.2, 0.25) is 0 Å². The van der Waals surface area contributed by atoms with Crippen molar-refractivity contribution in [3.05, 3.63) is 51.7 Å². The van der Waals surface area contributed by atoms with Gasteiger partial charge in [0.15, 0.2) is 0 Å². The van der Waals surface area contributed by atoms with Crippen LogP contribution in [-0.2, 0) is 6.42 Å². The highest BCUT2D eigenvalue weighted by molar-refractivity contribution is 7.14. The Morgan fingerprint density at radius 2 is 1.90 bits per heavy atom. The van der Waals surface area contributed by atoms with E-state index in [9.17, 15) is 4.79 Å². The first-order valence-corrected chi connectivity index (χ1v) is 8.03. The number of hydrogen-bond acceptors (Lipinski definition) is 3. The summed E-state index contributed by atoms with van der Waals surface area (Å²) in [5, 5.41) is 3.10. The minimum atomic E-state index is 0.00219. The van der Waals surface area contributed by atoms with E-state index in [1.165, 1.54) is 4.88 Å². The molecule has 3 nitrogen and oxygen atoms in total. The molecule has 1 unspecified atom stereocenters. The van der Waals surface area contributed by atoms with Crippen LogP contribution in [0.1, 0.15) is 46.4 Å². The number of nitrogens with one attached hydrogen (secondary N) is 1. The van der Waals surface area contributed by atoms with Crippen LogP contribution >= 0.6 is 11.3 Å². The first-order valence-electron chi connectivity index (χ1n) is 7.21. The maximum atomic E-state index is 12.3. The van der Waals surface area contributed by atoms with E-state index in [0.717, 1.165) is 29.0 Å². The van der Waals surface area contributed by atoms with Crippen molar-refractivity contribution in [1.29, 1.82) is 0 Å². The van der Waals surface area contributed by atoms with E-state index in [1.54, 1.807) is 18.4 Å². The van der Waals surface area contributed by atoms with E-state index >= 15 is 0 Å². The van der Waals surface area contributed by atoms with Gasteiger partial charge in [0.2, 0.25) is 0 Å². The van der Waals surface area contributed by atoms with Crippen molar-refractivity contribution < 1.29 is 9.53 Å². The van der Waals surface area contributed by atoms with Crippen molar-refractivity contribution in [3.8, 4) is 5.75 Å². The molecule has 0 aliphatic rings. The summed E-state index contributed by atoms with van der Waals surface area (Å²) in [4.78, 5) is 14.3. The predicted molar refractivity (Wildman–Crippen MR) is 87.2 cm³/mol. The Labute approximate surface area is 130 Å². The van der Waals surface area contributed by atoms with Gasteiger partial charge in [0.25, 0.3) is 5.91 Å². The zero-order valence-electron chi connectivity index (χ0n) is 12.7. The van der Waals surface area contributed by atoms with Crippen LogP contribution in [-0.4, -0.2) is 13.0 Å². The van der Waals surface area contributed by atoms with Gasteiger partial charge >= 0.3 is 0 Å². The van der Waals surface area contributed by atoms with Gasteiger partial charge in [0, 0.05) is 4.88 Å². The molecule has 0 spiro atoms. The van der Waals surface area contributed by atoms with Crippen molar-refractivity contribution in [2.24, 2.45) is 0 Å². The van der Waals surface area contributed by atoms with Crippen molar-refractivity contribution in [2.45, 2.75) is 32.7 Å². The van der Waals surface area contributed by atoms with Gasteiger partial charge in [-0.2, -0.15) is 0 Å². The highest BCUT2D eigenvalue weighted by atomic mass is 32.1. The molecule has 2 rings (SSSR count). The summed E-state index contributed by atoms with van der Waals surface area (Å²) < 4.78 is 5.16. The number of ether oxygens (including phenoxy) is 1. The smallest absolute Gasteiger partial charge is 0.261 e. The Balaban J connectivity index is 2.08. The fourth-order valence-electron chi connectivity index (χ4n) is 2.18. The Morgan fingerprint density at radius 1 is 1.19 bits per heavy atom. The standard InChI is InChI=1S/C17H21NO2S/c1-4-14-10-11-16(21-14)17(19)18-15(5-2)12-6-8-13(20-3)9-7-12/h6-11,15H,4-5H2,1-3H3,(H,18,19). The van der Waals surface area contributed by atoms with Gasteiger partial charge in [-0.3, -0.25) is 4.79 Å². The summed E-state index contributed by atoms with van der Waals surface area (Å²) in [6, 6.07) is 11.8. The Kier molecular flexibility index (Phi) is 5.39. The molecular formula is C17H21NO2S. The molecule has 1 atom stereocenters. The number of carbonyl (C=O) groups is 1. The van der Waals surface area contributed by atoms with E-state index in [1.807, 2.05) is 36.4 Å². The number of carbonyl (C=O) groups excluding carboxylic acids is 1. The SMILES string of the molecule is CCc1ccc(C(=O)NC(CC)c2ccc(OC)cc2)s1. The molecule has 0 aliphatic carbocycles. The lowest BCUT2D eigenvalue weighted by Gasteiger charge is -2.17. The molecule has 1 N–H and O–H groups in total. The lowest BCUT2D eigenvalue weighted by atomic mass is 10.0. The van der Waals surface area contributed by atoms with Gasteiger partial charge in [-0.1, -0.05) is 26.0 Å². The van der Waals surface area contributed by atoms with Crippen molar-refractivity contribution in [3.63, 3.8) is 0 Å². The highest BCUT2D eigenvalue weighted by Crippen LogP contribution is 2.22. The summed E-state index contributed by atoms with van der Waals surface area (Å²) in [5.74, 6) is 0.827. The second-order valence-corrected chi connectivity index (χ2v) is 6.00. The van der Waals surface area contributed by atoms with Gasteiger partial charge in [0.05, 0.1) is 18.0 Å². The van der Waals surface area contributed by atoms with E-state index in [-0.39, 0.29) is 11.9 Å². The van der Waals surface area contributed by atoms with E-state index in [4.69, 9.17) is 4.74 Å². The fourth-order valence-corrected chi connectivity index (χ4v) is 3.03. The second kappa shape index (κ2) is 7.27. The first-order chi connectivity index (χ1) is 10.2. The number of amides is 1. The molecule has 0 saturated heterocycles. The molecule has 0 saturated carbocycles.